The Morgan fingerprint density at radius 1 is 1.42 bits per heavy atom. The second-order valence-corrected chi connectivity index (χ2v) is 5.69. The van der Waals surface area contributed by atoms with Crippen molar-refractivity contribution in [3.05, 3.63) is 20.8 Å². The summed E-state index contributed by atoms with van der Waals surface area (Å²) in [6, 6.07) is 2.38. The average Bonchev–Trinajstić information content (AvgIpc) is 2.83. The number of thiophene rings is 1. The molecule has 0 fully saturated rings. The van der Waals surface area contributed by atoms with Gasteiger partial charge in [-0.15, -0.1) is 11.3 Å². The number of nitrogens with one attached hydrogen (secondary N) is 1. The maximum absolute atomic E-state index is 5.07. The minimum Gasteiger partial charge on any atom is -0.467 e. The molecule has 0 spiro atoms. The van der Waals surface area contributed by atoms with Gasteiger partial charge in [-0.25, -0.2) is 0 Å². The number of rotatable bonds is 5. The van der Waals surface area contributed by atoms with Crippen molar-refractivity contribution in [3.8, 4) is 6.01 Å². The molecule has 2 aromatic rings. The van der Waals surface area contributed by atoms with E-state index >= 15 is 0 Å². The third kappa shape index (κ3) is 3.54. The van der Waals surface area contributed by atoms with Crippen LogP contribution in [0.15, 0.2) is 15.9 Å². The maximum atomic E-state index is 5.07. The summed E-state index contributed by atoms with van der Waals surface area (Å²) >= 11 is 5.13. The molecule has 0 aromatic carbocycles. The van der Waals surface area contributed by atoms with Crippen LogP contribution in [0.2, 0.25) is 0 Å². The van der Waals surface area contributed by atoms with Crippen molar-refractivity contribution in [2.45, 2.75) is 6.54 Å². The van der Waals surface area contributed by atoms with E-state index in [0.29, 0.717) is 17.9 Å². The smallest absolute Gasteiger partial charge is 0.322 e. The number of hydrogen-bond acceptors (Lipinski definition) is 7. The Morgan fingerprint density at radius 3 is 2.79 bits per heavy atom. The van der Waals surface area contributed by atoms with Gasteiger partial charge in [-0.1, -0.05) is 0 Å². The van der Waals surface area contributed by atoms with E-state index < -0.39 is 0 Å². The Balaban J connectivity index is 2.20. The molecule has 8 heteroatoms. The fraction of sp³-hybridized carbons (Fsp3) is 0.364. The van der Waals surface area contributed by atoms with Crippen LogP contribution in [-0.2, 0) is 6.54 Å². The topological polar surface area (TPSA) is 63.2 Å². The zero-order valence-electron chi connectivity index (χ0n) is 10.8. The standard InChI is InChI=1S/C11H14BrN5OS/c1-13-9-14-10(16-11(15-9)18-3)17(2)5-8-4-7(12)6-19-8/h4,6H,5H2,1-3H3,(H,13,14,15,16). The van der Waals surface area contributed by atoms with Crippen LogP contribution in [0.5, 0.6) is 6.01 Å². The molecule has 2 rings (SSSR count). The van der Waals surface area contributed by atoms with Crippen LogP contribution in [0, 0.1) is 0 Å². The van der Waals surface area contributed by atoms with Gasteiger partial charge in [0.25, 0.3) is 0 Å². The van der Waals surface area contributed by atoms with Crippen molar-refractivity contribution >= 4 is 39.2 Å². The number of hydrogen-bond donors (Lipinski definition) is 1. The van der Waals surface area contributed by atoms with E-state index in [0.717, 1.165) is 11.0 Å². The van der Waals surface area contributed by atoms with E-state index in [9.17, 15) is 0 Å². The molecule has 0 aliphatic rings. The molecule has 0 saturated heterocycles. The second-order valence-electron chi connectivity index (χ2n) is 3.78. The summed E-state index contributed by atoms with van der Waals surface area (Å²) in [7, 11) is 5.23. The molecule has 0 bridgehead atoms. The van der Waals surface area contributed by atoms with Crippen LogP contribution in [-0.4, -0.2) is 36.2 Å². The molecule has 102 valence electrons. The van der Waals surface area contributed by atoms with Crippen LogP contribution in [0.25, 0.3) is 0 Å². The first-order valence-electron chi connectivity index (χ1n) is 5.54. The highest BCUT2D eigenvalue weighted by atomic mass is 79.9. The van der Waals surface area contributed by atoms with Gasteiger partial charge in [-0.3, -0.25) is 0 Å². The molecule has 2 heterocycles. The van der Waals surface area contributed by atoms with Gasteiger partial charge in [0, 0.05) is 28.8 Å². The van der Waals surface area contributed by atoms with Gasteiger partial charge in [0.1, 0.15) is 0 Å². The lowest BCUT2D eigenvalue weighted by molar-refractivity contribution is 0.379. The Kier molecular flexibility index (Phi) is 4.54. The zero-order chi connectivity index (χ0) is 13.8. The van der Waals surface area contributed by atoms with E-state index in [1.807, 2.05) is 11.9 Å². The van der Waals surface area contributed by atoms with Gasteiger partial charge < -0.3 is 15.0 Å². The SMILES string of the molecule is CNc1nc(OC)nc(N(C)Cc2cc(Br)cs2)n1. The van der Waals surface area contributed by atoms with E-state index in [2.05, 4.69) is 47.6 Å². The van der Waals surface area contributed by atoms with Gasteiger partial charge >= 0.3 is 6.01 Å². The van der Waals surface area contributed by atoms with Gasteiger partial charge in [0.05, 0.1) is 13.7 Å². The largest absolute Gasteiger partial charge is 0.467 e. The summed E-state index contributed by atoms with van der Waals surface area (Å²) in [6.45, 7) is 0.729. The first-order chi connectivity index (χ1) is 9.12. The van der Waals surface area contributed by atoms with E-state index in [1.54, 1.807) is 18.4 Å². The molecule has 0 amide bonds. The molecule has 2 aromatic heterocycles. The van der Waals surface area contributed by atoms with Gasteiger partial charge in [-0.05, 0) is 22.0 Å². The first-order valence-corrected chi connectivity index (χ1v) is 7.21. The fourth-order valence-corrected chi connectivity index (χ4v) is 2.96. The van der Waals surface area contributed by atoms with Crippen molar-refractivity contribution in [1.82, 2.24) is 15.0 Å². The normalized spacial score (nSPS) is 10.3. The van der Waals surface area contributed by atoms with Crippen LogP contribution >= 0.6 is 27.3 Å². The Labute approximate surface area is 124 Å². The Morgan fingerprint density at radius 2 is 2.21 bits per heavy atom. The predicted molar refractivity (Wildman–Crippen MR) is 80.1 cm³/mol. The molecule has 6 nitrogen and oxygen atoms in total. The van der Waals surface area contributed by atoms with E-state index in [4.69, 9.17) is 4.74 Å². The number of halogens is 1. The molecule has 0 aliphatic carbocycles. The third-order valence-electron chi connectivity index (χ3n) is 2.37. The minimum absolute atomic E-state index is 0.300. The summed E-state index contributed by atoms with van der Waals surface area (Å²) in [5.41, 5.74) is 0. The Hall–Kier alpha value is -1.41. The molecule has 0 atom stereocenters. The maximum Gasteiger partial charge on any atom is 0.322 e. The zero-order valence-corrected chi connectivity index (χ0v) is 13.2. The fourth-order valence-electron chi connectivity index (χ4n) is 1.46. The van der Waals surface area contributed by atoms with Crippen molar-refractivity contribution in [2.75, 3.05) is 31.4 Å². The number of nitrogens with zero attached hydrogens (tertiary/aromatic N) is 4. The molecule has 0 radical (unpaired) electrons. The average molecular weight is 344 g/mol. The lowest BCUT2D eigenvalue weighted by atomic mass is 10.4. The molecule has 1 N–H and O–H groups in total. The monoisotopic (exact) mass is 343 g/mol. The molecule has 0 saturated carbocycles. The number of methoxy groups -OCH3 is 1. The molecular weight excluding hydrogens is 330 g/mol. The van der Waals surface area contributed by atoms with Crippen molar-refractivity contribution in [1.29, 1.82) is 0 Å². The lowest BCUT2D eigenvalue weighted by Crippen LogP contribution is -2.19. The molecule has 0 aliphatic heterocycles. The summed E-state index contributed by atoms with van der Waals surface area (Å²) < 4.78 is 6.16. The van der Waals surface area contributed by atoms with Gasteiger partial charge in [-0.2, -0.15) is 15.0 Å². The van der Waals surface area contributed by atoms with Crippen LogP contribution in [0.4, 0.5) is 11.9 Å². The highest BCUT2D eigenvalue weighted by Gasteiger charge is 2.11. The summed E-state index contributed by atoms with van der Waals surface area (Å²) in [5.74, 6) is 1.06. The third-order valence-corrected chi connectivity index (χ3v) is 4.05. The Bertz CT molecular complexity index is 540. The highest BCUT2D eigenvalue weighted by Crippen LogP contribution is 2.22. The van der Waals surface area contributed by atoms with Gasteiger partial charge in [0.2, 0.25) is 11.9 Å². The van der Waals surface area contributed by atoms with Crippen LogP contribution in [0.3, 0.4) is 0 Å². The molecule has 0 unspecified atom stereocenters. The summed E-state index contributed by atoms with van der Waals surface area (Å²) in [4.78, 5) is 15.8. The van der Waals surface area contributed by atoms with Crippen LogP contribution in [0.1, 0.15) is 4.88 Å². The minimum atomic E-state index is 0.300. The van der Waals surface area contributed by atoms with Crippen molar-refractivity contribution < 1.29 is 4.74 Å². The highest BCUT2D eigenvalue weighted by molar-refractivity contribution is 9.10. The molecular formula is C11H14BrN5OS. The van der Waals surface area contributed by atoms with Crippen molar-refractivity contribution in [3.63, 3.8) is 0 Å². The van der Waals surface area contributed by atoms with Crippen molar-refractivity contribution in [2.24, 2.45) is 0 Å². The lowest BCUT2D eigenvalue weighted by Gasteiger charge is -2.16. The van der Waals surface area contributed by atoms with Gasteiger partial charge in [0.15, 0.2) is 0 Å². The van der Waals surface area contributed by atoms with E-state index in [1.165, 1.54) is 12.0 Å². The van der Waals surface area contributed by atoms with E-state index in [-0.39, 0.29) is 0 Å². The number of aromatic nitrogens is 3. The molecule has 19 heavy (non-hydrogen) atoms. The first kappa shape index (κ1) is 14.0. The quantitative estimate of drug-likeness (QED) is 0.899. The number of ether oxygens (including phenoxy) is 1. The summed E-state index contributed by atoms with van der Waals surface area (Å²) in [5, 5.41) is 4.94. The summed E-state index contributed by atoms with van der Waals surface area (Å²) in [6.07, 6.45) is 0. The second kappa shape index (κ2) is 6.16. The number of anilines is 2. The van der Waals surface area contributed by atoms with Crippen LogP contribution < -0.4 is 15.0 Å². The predicted octanol–water partition coefficient (Wildman–Crippen LogP) is 2.38.